The van der Waals surface area contributed by atoms with Gasteiger partial charge in [0.25, 0.3) is 0 Å². The summed E-state index contributed by atoms with van der Waals surface area (Å²) in [6.07, 6.45) is 0.0850. The van der Waals surface area contributed by atoms with Gasteiger partial charge in [0.15, 0.2) is 0 Å². The number of carbonyl (C=O) groups is 1. The van der Waals surface area contributed by atoms with E-state index in [1.807, 2.05) is 0 Å². The second kappa shape index (κ2) is 4.55. The second-order valence-corrected chi connectivity index (χ2v) is 3.82. The minimum absolute atomic E-state index is 0.0796. The molecule has 0 aliphatic carbocycles. The molecule has 0 radical (unpaired) electrons. The zero-order valence-electron chi connectivity index (χ0n) is 7.93. The van der Waals surface area contributed by atoms with E-state index in [2.05, 4.69) is 15.9 Å². The fourth-order valence-electron chi connectivity index (χ4n) is 1.13. The minimum Gasteiger partial charge on any atom is -0.497 e. The van der Waals surface area contributed by atoms with Crippen LogP contribution < -0.4 is 4.74 Å². The highest BCUT2D eigenvalue weighted by Crippen LogP contribution is 2.26. The number of Topliss-reactive ketones (excluding diaryl/α,β-unsaturated/α-hetero) is 1. The first-order valence-corrected chi connectivity index (χ1v) is 4.85. The molecule has 0 saturated heterocycles. The van der Waals surface area contributed by atoms with Crippen LogP contribution >= 0.6 is 15.9 Å². The predicted molar refractivity (Wildman–Crippen MR) is 55.0 cm³/mol. The second-order valence-electron chi connectivity index (χ2n) is 2.96. The van der Waals surface area contributed by atoms with Crippen LogP contribution in [0.15, 0.2) is 16.6 Å². The topological polar surface area (TPSA) is 26.3 Å². The Balaban J connectivity index is 3.13. The van der Waals surface area contributed by atoms with Crippen molar-refractivity contribution < 1.29 is 13.9 Å². The Morgan fingerprint density at radius 1 is 1.57 bits per heavy atom. The van der Waals surface area contributed by atoms with Crippen LogP contribution in [-0.2, 0) is 11.2 Å². The first kappa shape index (κ1) is 11.2. The molecule has 0 aliphatic heterocycles. The Labute approximate surface area is 90.2 Å². The van der Waals surface area contributed by atoms with Crippen molar-refractivity contribution in [2.45, 2.75) is 13.3 Å². The molecule has 1 aromatic rings. The van der Waals surface area contributed by atoms with Gasteiger partial charge in [-0.2, -0.15) is 0 Å². The van der Waals surface area contributed by atoms with E-state index < -0.39 is 5.82 Å². The summed E-state index contributed by atoms with van der Waals surface area (Å²) in [6.45, 7) is 1.42. The predicted octanol–water partition coefficient (Wildman–Crippen LogP) is 2.73. The normalized spacial score (nSPS) is 10.0. The first-order chi connectivity index (χ1) is 6.54. The average molecular weight is 261 g/mol. The summed E-state index contributed by atoms with van der Waals surface area (Å²) < 4.78 is 18.7. The molecule has 4 heteroatoms. The largest absolute Gasteiger partial charge is 0.497 e. The van der Waals surface area contributed by atoms with Gasteiger partial charge in [-0.25, -0.2) is 4.39 Å². The van der Waals surface area contributed by atoms with Crippen LogP contribution in [0.1, 0.15) is 12.5 Å². The van der Waals surface area contributed by atoms with Crippen molar-refractivity contribution in [1.82, 2.24) is 0 Å². The number of hydrogen-bond donors (Lipinski definition) is 0. The fraction of sp³-hybridized carbons (Fsp3) is 0.300. The van der Waals surface area contributed by atoms with Gasteiger partial charge in [-0.3, -0.25) is 4.79 Å². The zero-order chi connectivity index (χ0) is 10.7. The molecule has 0 aliphatic rings. The number of benzene rings is 1. The summed E-state index contributed by atoms with van der Waals surface area (Å²) in [7, 11) is 1.50. The zero-order valence-corrected chi connectivity index (χ0v) is 9.52. The van der Waals surface area contributed by atoms with Gasteiger partial charge >= 0.3 is 0 Å². The molecule has 0 spiro atoms. The number of ether oxygens (including phenoxy) is 1. The molecule has 0 bridgehead atoms. The molecular formula is C10H10BrFO2. The van der Waals surface area contributed by atoms with E-state index in [4.69, 9.17) is 4.74 Å². The van der Waals surface area contributed by atoms with Crippen LogP contribution in [0.3, 0.4) is 0 Å². The molecular weight excluding hydrogens is 251 g/mol. The van der Waals surface area contributed by atoms with Crippen molar-refractivity contribution in [3.63, 3.8) is 0 Å². The highest BCUT2D eigenvalue weighted by Gasteiger charge is 2.10. The summed E-state index contributed by atoms with van der Waals surface area (Å²) in [4.78, 5) is 10.9. The summed E-state index contributed by atoms with van der Waals surface area (Å²) in [5.41, 5.74) is 0.351. The lowest BCUT2D eigenvalue weighted by atomic mass is 10.1. The lowest BCUT2D eigenvalue weighted by Gasteiger charge is -2.06. The van der Waals surface area contributed by atoms with Crippen molar-refractivity contribution in [3.05, 3.63) is 28.0 Å². The third-order valence-electron chi connectivity index (χ3n) is 1.75. The van der Waals surface area contributed by atoms with Crippen LogP contribution in [0.4, 0.5) is 4.39 Å². The summed E-state index contributed by atoms with van der Waals surface area (Å²) in [6, 6.07) is 3.06. The van der Waals surface area contributed by atoms with Crippen LogP contribution in [0, 0.1) is 5.82 Å². The molecule has 0 saturated carbocycles. The first-order valence-electron chi connectivity index (χ1n) is 4.06. The van der Waals surface area contributed by atoms with Crippen molar-refractivity contribution >= 4 is 21.7 Å². The number of carbonyl (C=O) groups excluding carboxylic acids is 1. The third-order valence-corrected chi connectivity index (χ3v) is 2.33. The van der Waals surface area contributed by atoms with Crippen molar-refractivity contribution in [2.24, 2.45) is 0 Å². The lowest BCUT2D eigenvalue weighted by molar-refractivity contribution is -0.116. The number of methoxy groups -OCH3 is 1. The molecule has 14 heavy (non-hydrogen) atoms. The lowest BCUT2D eigenvalue weighted by Crippen LogP contribution is -2.00. The quantitative estimate of drug-likeness (QED) is 0.836. The monoisotopic (exact) mass is 260 g/mol. The number of rotatable bonds is 3. The highest BCUT2D eigenvalue weighted by molar-refractivity contribution is 9.10. The van der Waals surface area contributed by atoms with Gasteiger partial charge < -0.3 is 4.74 Å². The van der Waals surface area contributed by atoms with Crippen molar-refractivity contribution in [1.29, 1.82) is 0 Å². The Bertz CT molecular complexity index is 363. The summed E-state index contributed by atoms with van der Waals surface area (Å²) in [5.74, 6) is 0.0552. The maximum Gasteiger partial charge on any atom is 0.141 e. The molecule has 1 rings (SSSR count). The molecule has 0 atom stereocenters. The molecule has 0 N–H and O–H groups in total. The molecule has 0 heterocycles. The number of ketones is 1. The SMILES string of the molecule is COc1cc(Br)c(F)c(CC(C)=O)c1. The van der Waals surface area contributed by atoms with E-state index in [9.17, 15) is 9.18 Å². The van der Waals surface area contributed by atoms with E-state index in [0.717, 1.165) is 0 Å². The van der Waals surface area contributed by atoms with Gasteiger partial charge in [0.2, 0.25) is 0 Å². The minimum atomic E-state index is -0.402. The molecule has 0 aromatic heterocycles. The van der Waals surface area contributed by atoms with Gasteiger partial charge in [0.1, 0.15) is 17.3 Å². The maximum absolute atomic E-state index is 13.4. The van der Waals surface area contributed by atoms with E-state index in [-0.39, 0.29) is 12.2 Å². The van der Waals surface area contributed by atoms with E-state index >= 15 is 0 Å². The standard InChI is InChI=1S/C10H10BrFO2/c1-6(13)3-7-4-8(14-2)5-9(11)10(7)12/h4-5H,3H2,1-2H3. The van der Waals surface area contributed by atoms with Gasteiger partial charge in [0, 0.05) is 6.42 Å². The van der Waals surface area contributed by atoms with Crippen LogP contribution in [0.25, 0.3) is 0 Å². The number of halogens is 2. The Kier molecular flexibility index (Phi) is 3.63. The third kappa shape index (κ3) is 2.54. The van der Waals surface area contributed by atoms with Gasteiger partial charge in [-0.05, 0) is 40.5 Å². The highest BCUT2D eigenvalue weighted by atomic mass is 79.9. The molecule has 0 unspecified atom stereocenters. The van der Waals surface area contributed by atoms with E-state index in [1.165, 1.54) is 26.2 Å². The van der Waals surface area contributed by atoms with Gasteiger partial charge in [-0.1, -0.05) is 0 Å². The number of hydrogen-bond acceptors (Lipinski definition) is 2. The van der Waals surface area contributed by atoms with Crippen LogP contribution in [0.2, 0.25) is 0 Å². The Morgan fingerprint density at radius 3 is 2.71 bits per heavy atom. The van der Waals surface area contributed by atoms with E-state index in [1.54, 1.807) is 0 Å². The van der Waals surface area contributed by atoms with E-state index in [0.29, 0.717) is 15.8 Å². The molecule has 76 valence electrons. The van der Waals surface area contributed by atoms with Gasteiger partial charge in [0.05, 0.1) is 11.6 Å². The van der Waals surface area contributed by atoms with Crippen molar-refractivity contribution in [2.75, 3.05) is 7.11 Å². The Hall–Kier alpha value is -0.900. The maximum atomic E-state index is 13.4. The molecule has 2 nitrogen and oxygen atoms in total. The van der Waals surface area contributed by atoms with Crippen LogP contribution in [0.5, 0.6) is 5.75 Å². The Morgan fingerprint density at radius 2 is 2.21 bits per heavy atom. The summed E-state index contributed by atoms with van der Waals surface area (Å²) >= 11 is 3.06. The molecule has 0 amide bonds. The average Bonchev–Trinajstić information content (AvgIpc) is 2.11. The fourth-order valence-corrected chi connectivity index (χ4v) is 1.61. The van der Waals surface area contributed by atoms with Gasteiger partial charge in [-0.15, -0.1) is 0 Å². The summed E-state index contributed by atoms with van der Waals surface area (Å²) in [5, 5.41) is 0. The molecule has 1 aromatic carbocycles. The smallest absolute Gasteiger partial charge is 0.141 e. The molecule has 0 fully saturated rings. The van der Waals surface area contributed by atoms with Crippen molar-refractivity contribution in [3.8, 4) is 5.75 Å². The van der Waals surface area contributed by atoms with Crippen LogP contribution in [-0.4, -0.2) is 12.9 Å².